The smallest absolute Gasteiger partial charge is 0.246 e. The number of fused-ring (bicyclic) bond motifs is 1. The minimum Gasteiger partial charge on any atom is -0.395 e. The Morgan fingerprint density at radius 3 is 2.59 bits per heavy atom. The lowest BCUT2D eigenvalue weighted by molar-refractivity contribution is -0.144. The van der Waals surface area contributed by atoms with Crippen molar-refractivity contribution in [1.82, 2.24) is 35.8 Å². The van der Waals surface area contributed by atoms with Gasteiger partial charge in [-0.15, -0.1) is 5.10 Å². The van der Waals surface area contributed by atoms with Gasteiger partial charge in [-0.25, -0.2) is 4.39 Å². The topological polar surface area (TPSA) is 141 Å². The predicted molar refractivity (Wildman–Crippen MR) is 141 cm³/mol. The fraction of sp³-hybridized carbons (Fsp3) is 0.593. The Kier molecular flexibility index (Phi) is 9.63. The van der Waals surface area contributed by atoms with Gasteiger partial charge in [0.1, 0.15) is 23.6 Å². The van der Waals surface area contributed by atoms with Gasteiger partial charge in [0.25, 0.3) is 0 Å². The zero-order valence-electron chi connectivity index (χ0n) is 22.5. The van der Waals surface area contributed by atoms with Gasteiger partial charge >= 0.3 is 0 Å². The highest BCUT2D eigenvalue weighted by Gasteiger charge is 2.44. The predicted octanol–water partition coefficient (Wildman–Crippen LogP) is 1.03. The number of carbonyl (C=O) groups excluding carboxylic acids is 3. The van der Waals surface area contributed by atoms with Crippen molar-refractivity contribution in [2.75, 3.05) is 13.2 Å². The summed E-state index contributed by atoms with van der Waals surface area (Å²) in [5.74, 6) is -1.29. The first kappa shape index (κ1) is 28.6. The van der Waals surface area contributed by atoms with Gasteiger partial charge in [-0.1, -0.05) is 30.2 Å². The van der Waals surface area contributed by atoms with E-state index in [2.05, 4.69) is 26.3 Å². The van der Waals surface area contributed by atoms with Crippen LogP contribution in [0.4, 0.5) is 4.39 Å². The molecule has 0 spiro atoms. The fourth-order valence-corrected chi connectivity index (χ4v) is 5.42. The number of amides is 3. The molecule has 1 aromatic heterocycles. The molecule has 12 heteroatoms. The molecule has 0 aliphatic carbocycles. The number of hydrogen-bond acceptors (Lipinski definition) is 7. The van der Waals surface area contributed by atoms with E-state index in [1.54, 1.807) is 34.8 Å². The van der Waals surface area contributed by atoms with Crippen LogP contribution in [0.15, 0.2) is 30.5 Å². The van der Waals surface area contributed by atoms with Crippen molar-refractivity contribution in [2.24, 2.45) is 0 Å². The van der Waals surface area contributed by atoms with Gasteiger partial charge in [-0.05, 0) is 57.2 Å². The molecule has 3 amide bonds. The number of halogens is 1. The molecule has 5 atom stereocenters. The Bertz CT molecular complexity index is 1140. The number of aliphatic hydroxyl groups is 1. The van der Waals surface area contributed by atoms with Crippen LogP contribution in [0.1, 0.15) is 69.7 Å². The van der Waals surface area contributed by atoms with Crippen LogP contribution in [-0.4, -0.2) is 80.0 Å². The number of benzene rings is 1. The molecule has 2 aromatic rings. The summed E-state index contributed by atoms with van der Waals surface area (Å²) in [7, 11) is 0. The minimum atomic E-state index is -0.732. The molecular formula is C27H38FN7O4. The summed E-state index contributed by atoms with van der Waals surface area (Å²) >= 11 is 0. The number of carbonyl (C=O) groups is 3. The van der Waals surface area contributed by atoms with E-state index >= 15 is 0 Å². The number of nitrogens with one attached hydrogen (secondary N) is 3. The molecule has 2 saturated heterocycles. The third-order valence-corrected chi connectivity index (χ3v) is 7.58. The second-order valence-corrected chi connectivity index (χ2v) is 10.2. The highest BCUT2D eigenvalue weighted by Crippen LogP contribution is 2.32. The highest BCUT2D eigenvalue weighted by atomic mass is 19.1. The minimum absolute atomic E-state index is 0.0804. The Balaban J connectivity index is 1.54. The molecule has 4 rings (SSSR count). The zero-order chi connectivity index (χ0) is 27.9. The average Bonchev–Trinajstić information content (AvgIpc) is 3.58. The lowest BCUT2D eigenvalue weighted by Crippen LogP contribution is -2.58. The van der Waals surface area contributed by atoms with Crippen molar-refractivity contribution < 1.29 is 23.9 Å². The molecule has 2 fully saturated rings. The maximum atomic E-state index is 13.8. The van der Waals surface area contributed by atoms with E-state index in [-0.39, 0.29) is 42.7 Å². The summed E-state index contributed by atoms with van der Waals surface area (Å²) in [6.07, 6.45) is 5.94. The molecule has 0 saturated carbocycles. The number of aryl methyl sites for hydroxylation is 1. The number of nitrogens with zero attached hydrogens (tertiary/aromatic N) is 4. The average molecular weight is 544 g/mol. The second-order valence-electron chi connectivity index (χ2n) is 10.2. The van der Waals surface area contributed by atoms with E-state index in [1.807, 2.05) is 6.92 Å². The largest absolute Gasteiger partial charge is 0.395 e. The Hall–Kier alpha value is -3.38. The third kappa shape index (κ3) is 6.80. The molecule has 0 bridgehead atoms. The van der Waals surface area contributed by atoms with Gasteiger partial charge in [0.2, 0.25) is 17.7 Å². The second kappa shape index (κ2) is 13.1. The van der Waals surface area contributed by atoms with Crippen LogP contribution in [0.3, 0.4) is 0 Å². The fourth-order valence-electron chi connectivity index (χ4n) is 5.42. The number of rotatable bonds is 10. The summed E-state index contributed by atoms with van der Waals surface area (Å²) in [5, 5.41) is 26.2. The van der Waals surface area contributed by atoms with Gasteiger partial charge in [0.15, 0.2) is 0 Å². The maximum Gasteiger partial charge on any atom is 0.246 e. The lowest BCUT2D eigenvalue weighted by Gasteiger charge is -2.36. The molecule has 2 aliphatic rings. The molecule has 11 nitrogen and oxygen atoms in total. The summed E-state index contributed by atoms with van der Waals surface area (Å²) in [6, 6.07) is 3.10. The molecular weight excluding hydrogens is 505 g/mol. The van der Waals surface area contributed by atoms with E-state index in [0.717, 1.165) is 19.3 Å². The van der Waals surface area contributed by atoms with Crippen LogP contribution in [-0.2, 0) is 20.9 Å². The Morgan fingerprint density at radius 1 is 1.15 bits per heavy atom. The lowest BCUT2D eigenvalue weighted by atomic mass is 9.98. The SMILES string of the molecule is CCn1cc([C@@H](NC(=O)[C@@H]2CC[C@@H]3CCCC[C@H](NC(=O)[C@H](C)NCCO)C(=O)N32)c2ccc(F)cc2)nn1. The normalized spacial score (nSPS) is 22.9. The van der Waals surface area contributed by atoms with Crippen LogP contribution in [0, 0.1) is 5.82 Å². The summed E-state index contributed by atoms with van der Waals surface area (Å²) < 4.78 is 15.3. The molecule has 4 N–H and O–H groups in total. The summed E-state index contributed by atoms with van der Waals surface area (Å²) in [6.45, 7) is 4.38. The van der Waals surface area contributed by atoms with Crippen LogP contribution >= 0.6 is 0 Å². The first-order chi connectivity index (χ1) is 18.8. The highest BCUT2D eigenvalue weighted by molar-refractivity contribution is 5.94. The van der Waals surface area contributed by atoms with Crippen molar-refractivity contribution >= 4 is 17.7 Å². The van der Waals surface area contributed by atoms with Crippen molar-refractivity contribution in [2.45, 2.75) is 89.1 Å². The first-order valence-corrected chi connectivity index (χ1v) is 13.7. The van der Waals surface area contributed by atoms with Crippen LogP contribution in [0.25, 0.3) is 0 Å². The van der Waals surface area contributed by atoms with Gasteiger partial charge in [0.05, 0.1) is 24.9 Å². The number of aliphatic hydroxyl groups excluding tert-OH is 1. The first-order valence-electron chi connectivity index (χ1n) is 13.7. The Morgan fingerprint density at radius 2 is 1.90 bits per heavy atom. The van der Waals surface area contributed by atoms with Crippen LogP contribution in [0.5, 0.6) is 0 Å². The van der Waals surface area contributed by atoms with Crippen molar-refractivity contribution in [3.05, 3.63) is 47.5 Å². The zero-order valence-corrected chi connectivity index (χ0v) is 22.5. The van der Waals surface area contributed by atoms with Gasteiger partial charge < -0.3 is 26.0 Å². The van der Waals surface area contributed by atoms with E-state index < -0.39 is 24.2 Å². The summed E-state index contributed by atoms with van der Waals surface area (Å²) in [5.41, 5.74) is 1.16. The van der Waals surface area contributed by atoms with Crippen molar-refractivity contribution in [3.8, 4) is 0 Å². The molecule has 212 valence electrons. The molecule has 39 heavy (non-hydrogen) atoms. The molecule has 2 aliphatic heterocycles. The van der Waals surface area contributed by atoms with Crippen LogP contribution in [0.2, 0.25) is 0 Å². The van der Waals surface area contributed by atoms with Gasteiger partial charge in [0, 0.05) is 19.1 Å². The molecule has 1 aromatic carbocycles. The molecule has 3 heterocycles. The Labute approximate surface area is 227 Å². The van der Waals surface area contributed by atoms with Crippen molar-refractivity contribution in [3.63, 3.8) is 0 Å². The standard InChI is InChI=1S/C27H38FN7O4/c1-3-34-16-22(32-33-34)24(18-8-10-19(28)11-9-18)31-26(38)23-13-12-20-6-4-5-7-21(27(39)35(20)23)30-25(37)17(2)29-14-15-36/h8-11,16-17,20-21,23-24,29,36H,3-7,12-15H2,1-2H3,(H,30,37)(H,31,38)/t17-,20-,21-,23-,24-/m0/s1. The maximum absolute atomic E-state index is 13.8. The molecule has 0 unspecified atom stereocenters. The third-order valence-electron chi connectivity index (χ3n) is 7.58. The van der Waals surface area contributed by atoms with E-state index in [0.29, 0.717) is 37.1 Å². The summed E-state index contributed by atoms with van der Waals surface area (Å²) in [4.78, 5) is 41.9. The number of aromatic nitrogens is 3. The molecule has 0 radical (unpaired) electrons. The van der Waals surface area contributed by atoms with E-state index in [4.69, 9.17) is 5.11 Å². The van der Waals surface area contributed by atoms with Crippen LogP contribution < -0.4 is 16.0 Å². The quantitative estimate of drug-likeness (QED) is 0.351. The van der Waals surface area contributed by atoms with E-state index in [1.165, 1.54) is 12.1 Å². The van der Waals surface area contributed by atoms with E-state index in [9.17, 15) is 18.8 Å². The van der Waals surface area contributed by atoms with Gasteiger partial charge in [-0.3, -0.25) is 19.1 Å². The van der Waals surface area contributed by atoms with Gasteiger partial charge in [-0.2, -0.15) is 0 Å². The number of hydrogen-bond donors (Lipinski definition) is 4. The monoisotopic (exact) mass is 543 g/mol. The van der Waals surface area contributed by atoms with Crippen molar-refractivity contribution in [1.29, 1.82) is 0 Å².